The van der Waals surface area contributed by atoms with Gasteiger partial charge in [0.1, 0.15) is 5.69 Å². The number of amides is 1. The first-order valence-electron chi connectivity index (χ1n) is 7.91. The molecule has 0 unspecified atom stereocenters. The number of nitrogens with one attached hydrogen (secondary N) is 2. The van der Waals surface area contributed by atoms with Crippen LogP contribution < -0.4 is 10.6 Å². The van der Waals surface area contributed by atoms with Gasteiger partial charge in [0.05, 0.1) is 10.7 Å². The van der Waals surface area contributed by atoms with Gasteiger partial charge < -0.3 is 10.6 Å². The van der Waals surface area contributed by atoms with Crippen LogP contribution in [0.15, 0.2) is 29.8 Å². The van der Waals surface area contributed by atoms with Gasteiger partial charge in [-0.1, -0.05) is 23.3 Å². The molecule has 0 fully saturated rings. The van der Waals surface area contributed by atoms with Crippen molar-refractivity contribution in [3.8, 4) is 5.82 Å². The molecule has 3 heterocycles. The van der Waals surface area contributed by atoms with E-state index in [9.17, 15) is 4.79 Å². The highest BCUT2D eigenvalue weighted by atomic mass is 35.5. The molecule has 3 rings (SSSR count). The van der Waals surface area contributed by atoms with Crippen molar-refractivity contribution in [2.75, 3.05) is 19.6 Å². The number of aryl methyl sites for hydroxylation is 2. The Bertz CT molecular complexity index is 800. The highest BCUT2D eigenvalue weighted by Gasteiger charge is 2.15. The van der Waals surface area contributed by atoms with Crippen LogP contribution >= 0.6 is 24.0 Å². The van der Waals surface area contributed by atoms with Crippen molar-refractivity contribution in [3.05, 3.63) is 52.0 Å². The van der Waals surface area contributed by atoms with E-state index in [4.69, 9.17) is 11.6 Å². The van der Waals surface area contributed by atoms with Gasteiger partial charge in [0.2, 0.25) is 0 Å². The number of aromatic nitrogens is 3. The quantitative estimate of drug-likeness (QED) is 0.798. The number of rotatable bonds is 4. The summed E-state index contributed by atoms with van der Waals surface area (Å²) in [6.07, 6.45) is 3.04. The molecule has 134 valence electrons. The van der Waals surface area contributed by atoms with Crippen LogP contribution in [0.3, 0.4) is 0 Å². The highest BCUT2D eigenvalue weighted by Crippen LogP contribution is 2.18. The minimum absolute atomic E-state index is 0. The molecule has 0 spiro atoms. The maximum absolute atomic E-state index is 12.5. The first kappa shape index (κ1) is 19.4. The average Bonchev–Trinajstić information content (AvgIpc) is 2.92. The highest BCUT2D eigenvalue weighted by molar-refractivity contribution is 6.33. The van der Waals surface area contributed by atoms with E-state index in [1.165, 1.54) is 5.57 Å². The number of hydrogen-bond donors (Lipinski definition) is 2. The molecule has 0 bridgehead atoms. The zero-order chi connectivity index (χ0) is 17.1. The van der Waals surface area contributed by atoms with Gasteiger partial charge in [0, 0.05) is 18.8 Å². The average molecular weight is 382 g/mol. The summed E-state index contributed by atoms with van der Waals surface area (Å²) < 4.78 is 1.71. The summed E-state index contributed by atoms with van der Waals surface area (Å²) in [6.45, 7) is 6.16. The van der Waals surface area contributed by atoms with Crippen molar-refractivity contribution in [1.82, 2.24) is 25.4 Å². The van der Waals surface area contributed by atoms with E-state index in [1.54, 1.807) is 16.8 Å². The second-order valence-corrected chi connectivity index (χ2v) is 6.25. The Hall–Kier alpha value is -1.89. The third kappa shape index (κ3) is 4.60. The molecular formula is C17H21Cl2N5O. The van der Waals surface area contributed by atoms with Crippen LogP contribution in [-0.4, -0.2) is 40.3 Å². The lowest BCUT2D eigenvalue weighted by Gasteiger charge is -2.15. The molecule has 0 atom stereocenters. The van der Waals surface area contributed by atoms with Crippen LogP contribution in [0.25, 0.3) is 5.82 Å². The Morgan fingerprint density at radius 1 is 1.40 bits per heavy atom. The van der Waals surface area contributed by atoms with Crippen LogP contribution in [0.5, 0.6) is 0 Å². The van der Waals surface area contributed by atoms with Gasteiger partial charge in [0.15, 0.2) is 5.82 Å². The van der Waals surface area contributed by atoms with E-state index < -0.39 is 0 Å². The number of halogens is 2. The number of hydrogen-bond acceptors (Lipinski definition) is 4. The van der Waals surface area contributed by atoms with E-state index in [0.29, 0.717) is 17.4 Å². The molecular weight excluding hydrogens is 361 g/mol. The minimum atomic E-state index is -0.275. The van der Waals surface area contributed by atoms with Crippen molar-refractivity contribution in [2.45, 2.75) is 20.3 Å². The zero-order valence-electron chi connectivity index (χ0n) is 14.2. The molecule has 25 heavy (non-hydrogen) atoms. The lowest BCUT2D eigenvalue weighted by Crippen LogP contribution is -2.30. The van der Waals surface area contributed by atoms with Crippen molar-refractivity contribution < 1.29 is 4.79 Å². The van der Waals surface area contributed by atoms with E-state index >= 15 is 0 Å². The summed E-state index contributed by atoms with van der Waals surface area (Å²) in [6, 6.07) is 5.40. The Labute approximate surface area is 158 Å². The molecule has 1 amide bonds. The Kier molecular flexibility index (Phi) is 6.58. The topological polar surface area (TPSA) is 71.8 Å². The summed E-state index contributed by atoms with van der Waals surface area (Å²) in [7, 11) is 0. The predicted octanol–water partition coefficient (Wildman–Crippen LogP) is 2.61. The molecule has 0 radical (unpaired) electrons. The first-order valence-corrected chi connectivity index (χ1v) is 8.29. The molecule has 2 aromatic rings. The third-order valence-electron chi connectivity index (χ3n) is 3.91. The van der Waals surface area contributed by atoms with Crippen LogP contribution in [0.4, 0.5) is 0 Å². The molecule has 2 aromatic heterocycles. The number of carbonyl (C=O) groups is 1. The third-order valence-corrected chi connectivity index (χ3v) is 4.21. The van der Waals surface area contributed by atoms with Gasteiger partial charge in [-0.2, -0.15) is 5.10 Å². The van der Waals surface area contributed by atoms with Gasteiger partial charge in [-0.05, 0) is 45.0 Å². The smallest absolute Gasteiger partial charge is 0.271 e. The Balaban J connectivity index is 0.00000225. The van der Waals surface area contributed by atoms with Gasteiger partial charge in [0.25, 0.3) is 5.91 Å². The predicted molar refractivity (Wildman–Crippen MR) is 101 cm³/mol. The number of pyridine rings is 1. The van der Waals surface area contributed by atoms with E-state index in [1.807, 2.05) is 19.9 Å². The molecule has 0 aliphatic carbocycles. The fraction of sp³-hybridized carbons (Fsp3) is 0.353. The van der Waals surface area contributed by atoms with Gasteiger partial charge >= 0.3 is 0 Å². The first-order chi connectivity index (χ1) is 11.5. The van der Waals surface area contributed by atoms with Gasteiger partial charge in [-0.3, -0.25) is 4.79 Å². The van der Waals surface area contributed by atoms with Gasteiger partial charge in [-0.25, -0.2) is 9.67 Å². The summed E-state index contributed by atoms with van der Waals surface area (Å²) >= 11 is 6.17. The zero-order valence-corrected chi connectivity index (χ0v) is 15.7. The normalized spacial score (nSPS) is 13.8. The van der Waals surface area contributed by atoms with E-state index in [-0.39, 0.29) is 24.0 Å². The molecule has 6 nitrogen and oxygen atoms in total. The molecule has 2 N–H and O–H groups in total. The maximum Gasteiger partial charge on any atom is 0.271 e. The summed E-state index contributed by atoms with van der Waals surface area (Å²) in [4.78, 5) is 16.9. The van der Waals surface area contributed by atoms with Crippen LogP contribution in [0, 0.1) is 13.8 Å². The van der Waals surface area contributed by atoms with Crippen molar-refractivity contribution in [3.63, 3.8) is 0 Å². The lowest BCUT2D eigenvalue weighted by atomic mass is 10.1. The monoisotopic (exact) mass is 381 g/mol. The number of carbonyl (C=O) groups excluding carboxylic acids is 1. The van der Waals surface area contributed by atoms with Gasteiger partial charge in [-0.15, -0.1) is 12.4 Å². The van der Waals surface area contributed by atoms with Crippen molar-refractivity contribution in [2.24, 2.45) is 0 Å². The molecule has 1 aliphatic heterocycles. The molecule has 1 aliphatic rings. The number of nitrogens with zero attached hydrogens (tertiary/aromatic N) is 3. The van der Waals surface area contributed by atoms with Crippen LogP contribution in [0.1, 0.15) is 28.3 Å². The largest absolute Gasteiger partial charge is 0.347 e. The Morgan fingerprint density at radius 2 is 2.20 bits per heavy atom. The Morgan fingerprint density at radius 3 is 2.84 bits per heavy atom. The molecule has 0 aromatic carbocycles. The van der Waals surface area contributed by atoms with Crippen LogP contribution in [-0.2, 0) is 0 Å². The summed E-state index contributed by atoms with van der Waals surface area (Å²) in [5.74, 6) is 0.305. The SMILES string of the molecule is Cc1cc(C)n(-c2ccc(Cl)c(C(=O)NCC3=CCNCC3)n2)n1.Cl. The van der Waals surface area contributed by atoms with Crippen molar-refractivity contribution in [1.29, 1.82) is 0 Å². The maximum atomic E-state index is 12.5. The van der Waals surface area contributed by atoms with Crippen molar-refractivity contribution >= 4 is 29.9 Å². The summed E-state index contributed by atoms with van der Waals surface area (Å²) in [5, 5.41) is 10.9. The lowest BCUT2D eigenvalue weighted by molar-refractivity contribution is 0.0951. The molecule has 0 saturated heterocycles. The second-order valence-electron chi connectivity index (χ2n) is 5.84. The standard InChI is InChI=1S/C17H20ClN5O.ClH/c1-11-9-12(2)23(22-11)15-4-3-14(18)16(21-15)17(24)20-10-13-5-7-19-8-6-13;/h3-5,9,19H,6-8,10H2,1-2H3,(H,20,24);1H. The fourth-order valence-electron chi connectivity index (χ4n) is 2.68. The van der Waals surface area contributed by atoms with Crippen LogP contribution in [0.2, 0.25) is 5.02 Å². The summed E-state index contributed by atoms with van der Waals surface area (Å²) in [5.41, 5.74) is 3.28. The van der Waals surface area contributed by atoms with E-state index in [2.05, 4.69) is 26.8 Å². The van der Waals surface area contributed by atoms with E-state index in [0.717, 1.165) is 30.9 Å². The molecule has 8 heteroatoms. The molecule has 0 saturated carbocycles. The fourth-order valence-corrected chi connectivity index (χ4v) is 2.87. The second kappa shape index (κ2) is 8.47. The minimum Gasteiger partial charge on any atom is -0.347 e.